The first kappa shape index (κ1) is 14.9. The van der Waals surface area contributed by atoms with Gasteiger partial charge in [-0.3, -0.25) is 4.90 Å². The van der Waals surface area contributed by atoms with E-state index in [9.17, 15) is 0 Å². The first-order chi connectivity index (χ1) is 8.26. The van der Waals surface area contributed by atoms with Crippen molar-refractivity contribution in [1.82, 2.24) is 9.88 Å². The van der Waals surface area contributed by atoms with Gasteiger partial charge in [0.05, 0.1) is 30.8 Å². The first-order valence-electron chi connectivity index (χ1n) is 5.72. The maximum absolute atomic E-state index is 9.04. The Morgan fingerprint density at radius 1 is 1.41 bits per heavy atom. The van der Waals surface area contributed by atoms with E-state index in [0.717, 1.165) is 17.1 Å². The second kappa shape index (κ2) is 8.00. The second-order valence-corrected chi connectivity index (χ2v) is 4.87. The van der Waals surface area contributed by atoms with E-state index in [2.05, 4.69) is 16.8 Å². The van der Waals surface area contributed by atoms with E-state index in [4.69, 9.17) is 21.8 Å². The Balaban J connectivity index is 2.79. The van der Waals surface area contributed by atoms with E-state index < -0.39 is 0 Å². The standard InChI is InChI=1S/C11H19ClN2O2S/c1-2-10(14(3-5-15)4-6-16)11-13-9(7-12)8-17-11/h8,10,15-16H,2-7H2,1H3. The average molecular weight is 279 g/mol. The number of hydrogen-bond donors (Lipinski definition) is 2. The van der Waals surface area contributed by atoms with Crippen LogP contribution in [0.15, 0.2) is 5.38 Å². The number of thiazole rings is 1. The first-order valence-corrected chi connectivity index (χ1v) is 7.14. The number of hydrogen-bond acceptors (Lipinski definition) is 5. The molecule has 0 radical (unpaired) electrons. The molecule has 1 aromatic heterocycles. The highest BCUT2D eigenvalue weighted by molar-refractivity contribution is 7.09. The Morgan fingerprint density at radius 2 is 2.06 bits per heavy atom. The number of aliphatic hydroxyl groups excluding tert-OH is 2. The molecule has 1 unspecified atom stereocenters. The number of alkyl halides is 1. The van der Waals surface area contributed by atoms with Crippen LogP contribution in [0, 0.1) is 0 Å². The summed E-state index contributed by atoms with van der Waals surface area (Å²) >= 11 is 7.33. The molecule has 1 aromatic rings. The van der Waals surface area contributed by atoms with E-state index in [-0.39, 0.29) is 19.3 Å². The molecule has 0 saturated carbocycles. The molecular weight excluding hydrogens is 260 g/mol. The molecule has 0 aromatic carbocycles. The maximum Gasteiger partial charge on any atom is 0.110 e. The number of halogens is 1. The lowest BCUT2D eigenvalue weighted by atomic mass is 10.2. The smallest absolute Gasteiger partial charge is 0.110 e. The maximum atomic E-state index is 9.04. The van der Waals surface area contributed by atoms with E-state index in [0.29, 0.717) is 19.0 Å². The van der Waals surface area contributed by atoms with Crippen LogP contribution in [-0.4, -0.2) is 46.4 Å². The lowest BCUT2D eigenvalue weighted by Crippen LogP contribution is -2.33. The van der Waals surface area contributed by atoms with Gasteiger partial charge >= 0.3 is 0 Å². The Morgan fingerprint density at radius 3 is 2.47 bits per heavy atom. The summed E-state index contributed by atoms with van der Waals surface area (Å²) in [5, 5.41) is 21.1. The van der Waals surface area contributed by atoms with Gasteiger partial charge in [0.15, 0.2) is 0 Å². The Kier molecular flexibility index (Phi) is 6.99. The molecule has 17 heavy (non-hydrogen) atoms. The van der Waals surface area contributed by atoms with Crippen LogP contribution in [0.5, 0.6) is 0 Å². The molecule has 0 bridgehead atoms. The van der Waals surface area contributed by atoms with Crippen LogP contribution in [0.1, 0.15) is 30.1 Å². The third-order valence-corrected chi connectivity index (χ3v) is 3.86. The van der Waals surface area contributed by atoms with Crippen molar-refractivity contribution in [1.29, 1.82) is 0 Å². The summed E-state index contributed by atoms with van der Waals surface area (Å²) < 4.78 is 0. The average Bonchev–Trinajstić information content (AvgIpc) is 2.79. The highest BCUT2D eigenvalue weighted by Crippen LogP contribution is 2.27. The summed E-state index contributed by atoms with van der Waals surface area (Å²) in [6.07, 6.45) is 0.898. The van der Waals surface area contributed by atoms with E-state index in [1.54, 1.807) is 11.3 Å². The summed E-state index contributed by atoms with van der Waals surface area (Å²) in [6, 6.07) is 0.149. The lowest BCUT2D eigenvalue weighted by molar-refractivity contribution is 0.119. The normalized spacial score (nSPS) is 13.2. The second-order valence-electron chi connectivity index (χ2n) is 3.72. The number of nitrogens with zero attached hydrogens (tertiary/aromatic N) is 2. The van der Waals surface area contributed by atoms with Gasteiger partial charge in [-0.2, -0.15) is 0 Å². The van der Waals surface area contributed by atoms with Crippen molar-refractivity contribution in [3.8, 4) is 0 Å². The fourth-order valence-electron chi connectivity index (χ4n) is 1.81. The third kappa shape index (κ3) is 4.19. The van der Waals surface area contributed by atoms with Crippen LogP contribution < -0.4 is 0 Å². The van der Waals surface area contributed by atoms with Gasteiger partial charge in [-0.15, -0.1) is 22.9 Å². The quantitative estimate of drug-likeness (QED) is 0.710. The number of rotatable bonds is 8. The zero-order chi connectivity index (χ0) is 12.7. The Labute approximate surface area is 111 Å². The Hall–Kier alpha value is -0.200. The molecule has 0 aliphatic heterocycles. The van der Waals surface area contributed by atoms with E-state index in [1.165, 1.54) is 0 Å². The van der Waals surface area contributed by atoms with Crippen molar-refractivity contribution in [2.75, 3.05) is 26.3 Å². The van der Waals surface area contributed by atoms with Gasteiger partial charge in [0, 0.05) is 18.5 Å². The fourth-order valence-corrected chi connectivity index (χ4v) is 3.07. The van der Waals surface area contributed by atoms with E-state index >= 15 is 0 Å². The summed E-state index contributed by atoms with van der Waals surface area (Å²) in [5.41, 5.74) is 0.887. The van der Waals surface area contributed by atoms with Crippen LogP contribution in [0.25, 0.3) is 0 Å². The molecule has 0 aliphatic rings. The molecule has 0 spiro atoms. The molecule has 4 nitrogen and oxygen atoms in total. The summed E-state index contributed by atoms with van der Waals surface area (Å²) in [5.74, 6) is 0.424. The summed E-state index contributed by atoms with van der Waals surface area (Å²) in [6.45, 7) is 3.35. The minimum Gasteiger partial charge on any atom is -0.395 e. The Bertz CT molecular complexity index is 316. The van der Waals surface area contributed by atoms with Crippen molar-refractivity contribution >= 4 is 22.9 Å². The number of aliphatic hydroxyl groups is 2. The molecule has 2 N–H and O–H groups in total. The van der Waals surface area contributed by atoms with Gasteiger partial charge in [0.1, 0.15) is 5.01 Å². The van der Waals surface area contributed by atoms with Gasteiger partial charge in [-0.1, -0.05) is 6.92 Å². The SMILES string of the molecule is CCC(c1nc(CCl)cs1)N(CCO)CCO. The van der Waals surface area contributed by atoms with Gasteiger partial charge in [-0.05, 0) is 6.42 Å². The number of aromatic nitrogens is 1. The van der Waals surface area contributed by atoms with Gasteiger partial charge < -0.3 is 10.2 Å². The van der Waals surface area contributed by atoms with Crippen molar-refractivity contribution < 1.29 is 10.2 Å². The molecule has 1 rings (SSSR count). The molecule has 0 aliphatic carbocycles. The van der Waals surface area contributed by atoms with Crippen LogP contribution in [0.4, 0.5) is 0 Å². The topological polar surface area (TPSA) is 56.6 Å². The highest BCUT2D eigenvalue weighted by Gasteiger charge is 2.20. The molecule has 0 saturated heterocycles. The van der Waals surface area contributed by atoms with E-state index in [1.807, 2.05) is 5.38 Å². The van der Waals surface area contributed by atoms with Crippen LogP contribution in [-0.2, 0) is 5.88 Å². The molecule has 98 valence electrons. The predicted molar refractivity (Wildman–Crippen MR) is 70.4 cm³/mol. The molecule has 0 amide bonds. The van der Waals surface area contributed by atoms with Crippen LogP contribution in [0.3, 0.4) is 0 Å². The minimum absolute atomic E-state index is 0.0875. The molecule has 0 fully saturated rings. The van der Waals surface area contributed by atoms with Crippen molar-refractivity contribution in [3.05, 3.63) is 16.1 Å². The third-order valence-electron chi connectivity index (χ3n) is 2.59. The fraction of sp³-hybridized carbons (Fsp3) is 0.727. The lowest BCUT2D eigenvalue weighted by Gasteiger charge is -2.28. The van der Waals surface area contributed by atoms with Gasteiger partial charge in [0.25, 0.3) is 0 Å². The van der Waals surface area contributed by atoms with Crippen LogP contribution >= 0.6 is 22.9 Å². The predicted octanol–water partition coefficient (Wildman–Crippen LogP) is 1.62. The van der Waals surface area contributed by atoms with Gasteiger partial charge in [-0.25, -0.2) is 4.98 Å². The highest BCUT2D eigenvalue weighted by atomic mass is 35.5. The van der Waals surface area contributed by atoms with Crippen molar-refractivity contribution in [2.45, 2.75) is 25.3 Å². The van der Waals surface area contributed by atoms with Crippen molar-refractivity contribution in [2.24, 2.45) is 0 Å². The minimum atomic E-state index is 0.0875. The summed E-state index contributed by atoms with van der Waals surface area (Å²) in [7, 11) is 0. The van der Waals surface area contributed by atoms with Crippen LogP contribution in [0.2, 0.25) is 0 Å². The largest absolute Gasteiger partial charge is 0.395 e. The molecule has 1 heterocycles. The van der Waals surface area contributed by atoms with Crippen molar-refractivity contribution in [3.63, 3.8) is 0 Å². The monoisotopic (exact) mass is 278 g/mol. The van der Waals surface area contributed by atoms with Gasteiger partial charge in [0.2, 0.25) is 0 Å². The zero-order valence-corrected chi connectivity index (χ0v) is 11.5. The molecule has 6 heteroatoms. The zero-order valence-electron chi connectivity index (χ0n) is 9.97. The molecule has 1 atom stereocenters. The molecular formula is C11H19ClN2O2S. The summed E-state index contributed by atoms with van der Waals surface area (Å²) in [4.78, 5) is 6.52.